The predicted octanol–water partition coefficient (Wildman–Crippen LogP) is 1.39. The van der Waals surface area contributed by atoms with Crippen LogP contribution in [0.4, 0.5) is 0 Å². The summed E-state index contributed by atoms with van der Waals surface area (Å²) in [5, 5.41) is 19.7. The Kier molecular flexibility index (Phi) is 4.24. The average molecular weight is 247 g/mol. The number of nitrogens with one attached hydrogen (secondary N) is 1. The van der Waals surface area contributed by atoms with Crippen LogP contribution < -0.4 is 5.32 Å². The van der Waals surface area contributed by atoms with E-state index in [1.807, 2.05) is 23.0 Å². The highest BCUT2D eigenvalue weighted by atomic mass is 32.1. The lowest BCUT2D eigenvalue weighted by atomic mass is 10.4. The maximum Gasteiger partial charge on any atom is 0.110 e. The van der Waals surface area contributed by atoms with E-state index in [0.29, 0.717) is 0 Å². The third-order valence-corrected chi connectivity index (χ3v) is 3.27. The molecule has 17 heavy (non-hydrogen) atoms. The van der Waals surface area contributed by atoms with Gasteiger partial charge in [0.2, 0.25) is 0 Å². The van der Waals surface area contributed by atoms with Crippen molar-refractivity contribution in [2.75, 3.05) is 6.54 Å². The van der Waals surface area contributed by atoms with Crippen molar-refractivity contribution in [1.82, 2.24) is 20.3 Å². The lowest BCUT2D eigenvalue weighted by Gasteiger charge is -2.02. The predicted molar refractivity (Wildman–Crippen MR) is 65.4 cm³/mol. The van der Waals surface area contributed by atoms with Crippen molar-refractivity contribution in [3.05, 3.63) is 34.3 Å². The highest BCUT2D eigenvalue weighted by molar-refractivity contribution is 7.12. The molecule has 0 spiro atoms. The van der Waals surface area contributed by atoms with Crippen LogP contribution in [0.5, 0.6) is 0 Å². The van der Waals surface area contributed by atoms with Crippen molar-refractivity contribution in [1.29, 1.82) is 5.26 Å². The van der Waals surface area contributed by atoms with Gasteiger partial charge in [0.25, 0.3) is 0 Å². The topological polar surface area (TPSA) is 66.5 Å². The smallest absolute Gasteiger partial charge is 0.110 e. The summed E-state index contributed by atoms with van der Waals surface area (Å²) in [5.41, 5.74) is 0. The Hall–Kier alpha value is -1.71. The van der Waals surface area contributed by atoms with Gasteiger partial charge in [-0.1, -0.05) is 5.21 Å². The molecule has 88 valence electrons. The van der Waals surface area contributed by atoms with E-state index in [-0.39, 0.29) is 0 Å². The summed E-state index contributed by atoms with van der Waals surface area (Å²) in [5.74, 6) is 0. The first-order valence-corrected chi connectivity index (χ1v) is 6.24. The average Bonchev–Trinajstić information content (AvgIpc) is 2.99. The van der Waals surface area contributed by atoms with Crippen LogP contribution in [0.15, 0.2) is 24.5 Å². The number of rotatable bonds is 6. The molecule has 1 N–H and O–H groups in total. The Morgan fingerprint density at radius 3 is 3.12 bits per heavy atom. The van der Waals surface area contributed by atoms with Crippen LogP contribution in [0, 0.1) is 11.3 Å². The number of hydrogen-bond acceptors (Lipinski definition) is 5. The summed E-state index contributed by atoms with van der Waals surface area (Å²) in [6.07, 6.45) is 4.56. The molecule has 0 aromatic carbocycles. The number of aryl methyl sites for hydroxylation is 1. The first-order valence-electron chi connectivity index (χ1n) is 5.42. The minimum atomic E-state index is 0.768. The van der Waals surface area contributed by atoms with Gasteiger partial charge in [-0.25, -0.2) is 0 Å². The molecule has 0 aliphatic rings. The number of nitrogens with zero attached hydrogens (tertiary/aromatic N) is 4. The maximum atomic E-state index is 8.69. The second-order valence-corrected chi connectivity index (χ2v) is 4.74. The third kappa shape index (κ3) is 3.66. The minimum absolute atomic E-state index is 0.768. The monoisotopic (exact) mass is 247 g/mol. The van der Waals surface area contributed by atoms with Crippen molar-refractivity contribution < 1.29 is 0 Å². The van der Waals surface area contributed by atoms with E-state index < -0.39 is 0 Å². The molecule has 6 heteroatoms. The van der Waals surface area contributed by atoms with Gasteiger partial charge in [0.05, 0.1) is 6.20 Å². The van der Waals surface area contributed by atoms with Crippen LogP contribution in [-0.4, -0.2) is 21.5 Å². The zero-order valence-electron chi connectivity index (χ0n) is 9.33. The molecular formula is C11H13N5S. The Bertz CT molecular complexity index is 482. The zero-order valence-corrected chi connectivity index (χ0v) is 10.2. The van der Waals surface area contributed by atoms with Gasteiger partial charge >= 0.3 is 0 Å². The molecule has 0 radical (unpaired) electrons. The molecule has 2 heterocycles. The molecule has 2 aromatic heterocycles. The van der Waals surface area contributed by atoms with Crippen LogP contribution in [0.1, 0.15) is 16.2 Å². The van der Waals surface area contributed by atoms with E-state index in [9.17, 15) is 0 Å². The SMILES string of the molecule is N#Cc1ccc(CNCCCn2ccnn2)s1. The Labute approximate surface area is 104 Å². The van der Waals surface area contributed by atoms with Crippen LogP contribution in [0.3, 0.4) is 0 Å². The molecule has 5 nitrogen and oxygen atoms in total. The van der Waals surface area contributed by atoms with E-state index in [1.165, 1.54) is 16.2 Å². The second-order valence-electron chi connectivity index (χ2n) is 3.57. The molecule has 0 amide bonds. The molecule has 0 bridgehead atoms. The van der Waals surface area contributed by atoms with Gasteiger partial charge in [-0.2, -0.15) is 5.26 Å². The Balaban J connectivity index is 1.62. The lowest BCUT2D eigenvalue weighted by molar-refractivity contribution is 0.531. The second kappa shape index (κ2) is 6.13. The number of hydrogen-bond donors (Lipinski definition) is 1. The zero-order chi connectivity index (χ0) is 11.9. The summed E-state index contributed by atoms with van der Waals surface area (Å²) < 4.78 is 1.82. The van der Waals surface area contributed by atoms with Crippen molar-refractivity contribution in [2.45, 2.75) is 19.5 Å². The third-order valence-electron chi connectivity index (χ3n) is 2.28. The number of thiophene rings is 1. The molecule has 0 unspecified atom stereocenters. The van der Waals surface area contributed by atoms with Gasteiger partial charge < -0.3 is 5.32 Å². The molecule has 0 saturated carbocycles. The molecule has 0 fully saturated rings. The van der Waals surface area contributed by atoms with Gasteiger partial charge in [-0.15, -0.1) is 16.4 Å². The summed E-state index contributed by atoms with van der Waals surface area (Å²) in [6, 6.07) is 5.99. The standard InChI is InChI=1S/C11H13N5S/c12-8-10-2-3-11(17-10)9-13-4-1-6-16-7-5-14-15-16/h2-3,5,7,13H,1,4,6,9H2. The van der Waals surface area contributed by atoms with Gasteiger partial charge in [0, 0.05) is 24.2 Å². The summed E-state index contributed by atoms with van der Waals surface area (Å²) in [4.78, 5) is 1.96. The molecule has 2 rings (SSSR count). The first-order chi connectivity index (χ1) is 8.38. The summed E-state index contributed by atoms with van der Waals surface area (Å²) >= 11 is 1.54. The molecule has 0 aliphatic carbocycles. The number of nitriles is 1. The maximum absolute atomic E-state index is 8.69. The Morgan fingerprint density at radius 1 is 1.47 bits per heavy atom. The van der Waals surface area contributed by atoms with Gasteiger partial charge in [0.15, 0.2) is 0 Å². The van der Waals surface area contributed by atoms with Gasteiger partial charge in [-0.3, -0.25) is 4.68 Å². The van der Waals surface area contributed by atoms with Crippen molar-refractivity contribution >= 4 is 11.3 Å². The molecular weight excluding hydrogens is 234 g/mol. The molecule has 0 atom stereocenters. The highest BCUT2D eigenvalue weighted by Gasteiger charge is 1.98. The fourth-order valence-electron chi connectivity index (χ4n) is 1.46. The van der Waals surface area contributed by atoms with E-state index in [1.54, 1.807) is 6.20 Å². The lowest BCUT2D eigenvalue weighted by Crippen LogP contribution is -2.16. The number of aromatic nitrogens is 3. The van der Waals surface area contributed by atoms with Gasteiger partial charge in [0.1, 0.15) is 10.9 Å². The van der Waals surface area contributed by atoms with Crippen molar-refractivity contribution in [3.63, 3.8) is 0 Å². The van der Waals surface area contributed by atoms with E-state index >= 15 is 0 Å². The van der Waals surface area contributed by atoms with E-state index in [4.69, 9.17) is 5.26 Å². The summed E-state index contributed by atoms with van der Waals surface area (Å²) in [7, 11) is 0. The Morgan fingerprint density at radius 2 is 2.41 bits per heavy atom. The van der Waals surface area contributed by atoms with Gasteiger partial charge in [-0.05, 0) is 25.1 Å². The summed E-state index contributed by atoms with van der Waals surface area (Å²) in [6.45, 7) is 2.63. The molecule has 0 aliphatic heterocycles. The normalized spacial score (nSPS) is 10.3. The minimum Gasteiger partial charge on any atom is -0.312 e. The van der Waals surface area contributed by atoms with Crippen LogP contribution in [0.25, 0.3) is 0 Å². The quantitative estimate of drug-likeness (QED) is 0.783. The molecule has 2 aromatic rings. The van der Waals surface area contributed by atoms with Crippen molar-refractivity contribution in [3.8, 4) is 6.07 Å². The van der Waals surface area contributed by atoms with Crippen LogP contribution in [0.2, 0.25) is 0 Å². The van der Waals surface area contributed by atoms with Crippen molar-refractivity contribution in [2.24, 2.45) is 0 Å². The highest BCUT2D eigenvalue weighted by Crippen LogP contribution is 2.14. The van der Waals surface area contributed by atoms with E-state index in [0.717, 1.165) is 30.9 Å². The largest absolute Gasteiger partial charge is 0.312 e. The van der Waals surface area contributed by atoms with Crippen LogP contribution >= 0.6 is 11.3 Å². The van der Waals surface area contributed by atoms with E-state index in [2.05, 4.69) is 21.7 Å². The van der Waals surface area contributed by atoms with Crippen LogP contribution in [-0.2, 0) is 13.1 Å². The first kappa shape index (κ1) is 11.8. The fourth-order valence-corrected chi connectivity index (χ4v) is 2.24. The molecule has 0 saturated heterocycles. The fraction of sp³-hybridized carbons (Fsp3) is 0.364.